The second-order valence-corrected chi connectivity index (χ2v) is 9.29. The van der Waals surface area contributed by atoms with Gasteiger partial charge in [0.15, 0.2) is 0 Å². The van der Waals surface area contributed by atoms with Gasteiger partial charge in [0.05, 0.1) is 6.26 Å². The molecule has 0 bridgehead atoms. The van der Waals surface area contributed by atoms with Crippen molar-refractivity contribution in [3.8, 4) is 0 Å². The van der Waals surface area contributed by atoms with Crippen molar-refractivity contribution in [3.05, 3.63) is 35.4 Å². The number of nitrogens with one attached hydrogen (secondary N) is 1. The number of hydrogen-bond donors (Lipinski definition) is 1. The average molecular weight is 365 g/mol. The van der Waals surface area contributed by atoms with Gasteiger partial charge in [-0.3, -0.25) is 4.79 Å². The quantitative estimate of drug-likeness (QED) is 0.873. The fourth-order valence-electron chi connectivity index (χ4n) is 4.16. The zero-order chi connectivity index (χ0) is 17.9. The van der Waals surface area contributed by atoms with Crippen molar-refractivity contribution < 1.29 is 13.2 Å². The van der Waals surface area contributed by atoms with Crippen LogP contribution in [0.3, 0.4) is 0 Å². The second kappa shape index (κ2) is 7.87. The highest BCUT2D eigenvalue weighted by Gasteiger charge is 2.33. The predicted octanol–water partition coefficient (Wildman–Crippen LogP) is 2.43. The minimum absolute atomic E-state index is 0.129. The van der Waals surface area contributed by atoms with Crippen LogP contribution in [-0.4, -0.2) is 45.1 Å². The number of carbonyl (C=O) groups is 1. The first-order chi connectivity index (χ1) is 11.9. The molecule has 1 aliphatic heterocycles. The Bertz CT molecular complexity index is 700. The lowest BCUT2D eigenvalue weighted by Crippen LogP contribution is -2.44. The van der Waals surface area contributed by atoms with Crippen molar-refractivity contribution in [2.75, 3.05) is 25.9 Å². The van der Waals surface area contributed by atoms with E-state index in [0.717, 1.165) is 42.8 Å². The molecular weight excluding hydrogens is 336 g/mol. The lowest BCUT2D eigenvalue weighted by molar-refractivity contribution is 0.0521. The molecule has 2 aliphatic rings. The third kappa shape index (κ3) is 5.05. The Balaban J connectivity index is 1.55. The van der Waals surface area contributed by atoms with E-state index in [1.165, 1.54) is 25.7 Å². The van der Waals surface area contributed by atoms with Gasteiger partial charge < -0.3 is 4.90 Å². The molecule has 1 saturated carbocycles. The van der Waals surface area contributed by atoms with Crippen LogP contribution in [0.4, 0.5) is 0 Å². The van der Waals surface area contributed by atoms with Crippen LogP contribution >= 0.6 is 0 Å². The largest absolute Gasteiger partial charge is 0.338 e. The molecule has 1 aromatic carbocycles. The summed E-state index contributed by atoms with van der Waals surface area (Å²) in [6, 6.07) is 7.57. The third-order valence-electron chi connectivity index (χ3n) is 5.56. The Labute approximate surface area is 150 Å². The molecule has 0 unspecified atom stereocenters. The number of amides is 1. The molecule has 1 heterocycles. The SMILES string of the molecule is CS(=O)(=O)NCCc1ccc(C(=O)N2CC[C@H]3CCCC[C@@H]3C2)cc1. The maximum Gasteiger partial charge on any atom is 0.253 e. The summed E-state index contributed by atoms with van der Waals surface area (Å²) < 4.78 is 24.6. The number of hydrogen-bond acceptors (Lipinski definition) is 3. The van der Waals surface area contributed by atoms with E-state index >= 15 is 0 Å². The number of carbonyl (C=O) groups excluding carboxylic acids is 1. The van der Waals surface area contributed by atoms with Crippen LogP contribution in [0, 0.1) is 11.8 Å². The van der Waals surface area contributed by atoms with Gasteiger partial charge in [-0.2, -0.15) is 0 Å². The summed E-state index contributed by atoms with van der Waals surface area (Å²) in [7, 11) is -3.15. The smallest absolute Gasteiger partial charge is 0.253 e. The minimum Gasteiger partial charge on any atom is -0.338 e. The van der Waals surface area contributed by atoms with Crippen LogP contribution < -0.4 is 4.72 Å². The van der Waals surface area contributed by atoms with Gasteiger partial charge in [0.25, 0.3) is 5.91 Å². The van der Waals surface area contributed by atoms with Crippen LogP contribution in [0.2, 0.25) is 0 Å². The minimum atomic E-state index is -3.15. The first-order valence-corrected chi connectivity index (χ1v) is 11.1. The zero-order valence-corrected chi connectivity index (χ0v) is 15.7. The van der Waals surface area contributed by atoms with Gasteiger partial charge in [-0.15, -0.1) is 0 Å². The zero-order valence-electron chi connectivity index (χ0n) is 14.9. The number of fused-ring (bicyclic) bond motifs is 1. The fourth-order valence-corrected chi connectivity index (χ4v) is 4.64. The highest BCUT2D eigenvalue weighted by Crippen LogP contribution is 2.36. The van der Waals surface area contributed by atoms with E-state index in [1.807, 2.05) is 29.2 Å². The second-order valence-electron chi connectivity index (χ2n) is 7.46. The molecule has 0 spiro atoms. The highest BCUT2D eigenvalue weighted by atomic mass is 32.2. The molecule has 25 heavy (non-hydrogen) atoms. The maximum atomic E-state index is 12.8. The number of benzene rings is 1. The molecule has 3 rings (SSSR count). The summed E-state index contributed by atoms with van der Waals surface area (Å²) >= 11 is 0. The van der Waals surface area contributed by atoms with Crippen LogP contribution in [-0.2, 0) is 16.4 Å². The number of likely N-dealkylation sites (tertiary alicyclic amines) is 1. The first kappa shape index (κ1) is 18.4. The summed E-state index contributed by atoms with van der Waals surface area (Å²) in [5, 5.41) is 0. The Morgan fingerprint density at radius 2 is 1.80 bits per heavy atom. The highest BCUT2D eigenvalue weighted by molar-refractivity contribution is 7.88. The number of rotatable bonds is 5. The standard InChI is InChI=1S/C19H28N2O3S/c1-25(23,24)20-12-10-15-6-8-17(9-7-15)19(22)21-13-11-16-4-2-3-5-18(16)14-21/h6-9,16,18,20H,2-5,10-14H2,1H3/t16-,18-/m1/s1. The molecule has 6 heteroatoms. The van der Waals surface area contributed by atoms with E-state index < -0.39 is 10.0 Å². The molecule has 2 atom stereocenters. The van der Waals surface area contributed by atoms with Gasteiger partial charge in [-0.1, -0.05) is 31.4 Å². The molecule has 1 saturated heterocycles. The first-order valence-electron chi connectivity index (χ1n) is 9.25. The fraction of sp³-hybridized carbons (Fsp3) is 0.632. The Kier molecular flexibility index (Phi) is 5.79. The molecule has 1 N–H and O–H groups in total. The van der Waals surface area contributed by atoms with E-state index in [2.05, 4.69) is 4.72 Å². The van der Waals surface area contributed by atoms with Gasteiger partial charge in [0.1, 0.15) is 0 Å². The number of nitrogens with zero attached hydrogens (tertiary/aromatic N) is 1. The van der Waals surface area contributed by atoms with Crippen molar-refractivity contribution in [3.63, 3.8) is 0 Å². The van der Waals surface area contributed by atoms with Crippen molar-refractivity contribution in [2.24, 2.45) is 11.8 Å². The molecule has 1 amide bonds. The van der Waals surface area contributed by atoms with Crippen molar-refractivity contribution in [1.82, 2.24) is 9.62 Å². The predicted molar refractivity (Wildman–Crippen MR) is 99.0 cm³/mol. The molecule has 1 aliphatic carbocycles. The van der Waals surface area contributed by atoms with Gasteiger partial charge in [0.2, 0.25) is 10.0 Å². The summed E-state index contributed by atoms with van der Waals surface area (Å²) in [6.45, 7) is 2.16. The summed E-state index contributed by atoms with van der Waals surface area (Å²) in [4.78, 5) is 14.8. The van der Waals surface area contributed by atoms with E-state index in [-0.39, 0.29) is 5.91 Å². The molecule has 1 aromatic rings. The molecule has 0 aromatic heterocycles. The molecular formula is C19H28N2O3S. The lowest BCUT2D eigenvalue weighted by atomic mass is 9.75. The Morgan fingerprint density at radius 3 is 2.48 bits per heavy atom. The third-order valence-corrected chi connectivity index (χ3v) is 6.29. The lowest BCUT2D eigenvalue weighted by Gasteiger charge is -2.41. The van der Waals surface area contributed by atoms with Crippen molar-refractivity contribution in [2.45, 2.75) is 38.5 Å². The van der Waals surface area contributed by atoms with Gasteiger partial charge in [0, 0.05) is 25.2 Å². The normalized spacial score (nSPS) is 24.0. The Morgan fingerprint density at radius 1 is 1.12 bits per heavy atom. The summed E-state index contributed by atoms with van der Waals surface area (Å²) in [5.41, 5.74) is 1.76. The van der Waals surface area contributed by atoms with Crippen LogP contribution in [0.5, 0.6) is 0 Å². The Hall–Kier alpha value is -1.40. The summed E-state index contributed by atoms with van der Waals surface area (Å²) in [5.74, 6) is 1.64. The van der Waals surface area contributed by atoms with Crippen molar-refractivity contribution in [1.29, 1.82) is 0 Å². The van der Waals surface area contributed by atoms with Crippen molar-refractivity contribution >= 4 is 15.9 Å². The number of piperidine rings is 1. The van der Waals surface area contributed by atoms with Crippen LogP contribution in [0.15, 0.2) is 24.3 Å². The van der Waals surface area contributed by atoms with Gasteiger partial charge in [-0.25, -0.2) is 13.1 Å². The van der Waals surface area contributed by atoms with Gasteiger partial charge in [-0.05, 0) is 48.8 Å². The van der Waals surface area contributed by atoms with Crippen LogP contribution in [0.25, 0.3) is 0 Å². The topological polar surface area (TPSA) is 66.5 Å². The molecule has 5 nitrogen and oxygen atoms in total. The number of sulfonamides is 1. The van der Waals surface area contributed by atoms with E-state index in [1.54, 1.807) is 0 Å². The van der Waals surface area contributed by atoms with E-state index in [4.69, 9.17) is 0 Å². The van der Waals surface area contributed by atoms with E-state index in [9.17, 15) is 13.2 Å². The molecule has 138 valence electrons. The molecule has 2 fully saturated rings. The maximum absolute atomic E-state index is 12.8. The van der Waals surface area contributed by atoms with E-state index in [0.29, 0.717) is 18.9 Å². The average Bonchev–Trinajstić information content (AvgIpc) is 2.60. The monoisotopic (exact) mass is 364 g/mol. The van der Waals surface area contributed by atoms with Crippen LogP contribution in [0.1, 0.15) is 48.0 Å². The summed E-state index contributed by atoms with van der Waals surface area (Å²) in [6.07, 6.45) is 8.18. The molecule has 0 radical (unpaired) electrons. The van der Waals surface area contributed by atoms with Gasteiger partial charge >= 0.3 is 0 Å².